The number of hydrogen-bond acceptors (Lipinski definition) is 10. The lowest BCUT2D eigenvalue weighted by Gasteiger charge is -2.27. The predicted octanol–water partition coefficient (Wildman–Crippen LogP) is 2.62. The highest BCUT2D eigenvalue weighted by Gasteiger charge is 2.36. The third-order valence-corrected chi connectivity index (χ3v) is 7.19. The fourth-order valence-electron chi connectivity index (χ4n) is 4.36. The van der Waals surface area contributed by atoms with Crippen molar-refractivity contribution in [3.63, 3.8) is 0 Å². The molecule has 11 heteroatoms. The van der Waals surface area contributed by atoms with Gasteiger partial charge in [0.1, 0.15) is 12.6 Å². The molecule has 2 aromatic carbocycles. The third-order valence-electron chi connectivity index (χ3n) is 6.20. The minimum Gasteiger partial charge on any atom is -0.493 e. The molecule has 1 aliphatic heterocycles. The van der Waals surface area contributed by atoms with Crippen molar-refractivity contribution >= 4 is 29.4 Å². The number of carbonyl (C=O) groups is 2. The lowest BCUT2D eigenvalue weighted by Crippen LogP contribution is -2.40. The number of benzene rings is 2. The zero-order valence-electron chi connectivity index (χ0n) is 22.9. The maximum Gasteiger partial charge on any atom is 0.338 e. The maximum absolute atomic E-state index is 13.9. The molecule has 0 saturated carbocycles. The van der Waals surface area contributed by atoms with Crippen LogP contribution in [0, 0.1) is 0 Å². The fourth-order valence-corrected chi connectivity index (χ4v) is 5.41. The zero-order valence-corrected chi connectivity index (χ0v) is 23.7. The lowest BCUT2D eigenvalue weighted by atomic mass is 9.94. The van der Waals surface area contributed by atoms with E-state index >= 15 is 0 Å². The normalized spacial score (nSPS) is 14.8. The SMILES string of the molecule is CCOc1c(OC)cccc1[C@H]1C(C(=O)OCCOC)=C(C)N=c2s/c(=C/c3ccc(C(=O)OC)cc3)c(=O)n21. The summed E-state index contributed by atoms with van der Waals surface area (Å²) >= 11 is 1.20. The molecule has 10 nitrogen and oxygen atoms in total. The molecular weight excluding hydrogens is 536 g/mol. The highest BCUT2D eigenvalue weighted by Crippen LogP contribution is 2.40. The molecule has 1 atom stereocenters. The van der Waals surface area contributed by atoms with Crippen molar-refractivity contribution in [3.8, 4) is 11.5 Å². The van der Waals surface area contributed by atoms with Gasteiger partial charge >= 0.3 is 11.9 Å². The van der Waals surface area contributed by atoms with Gasteiger partial charge in [-0.2, -0.15) is 0 Å². The van der Waals surface area contributed by atoms with Crippen molar-refractivity contribution in [1.29, 1.82) is 0 Å². The number of methoxy groups -OCH3 is 3. The van der Waals surface area contributed by atoms with Gasteiger partial charge in [0.05, 0.1) is 48.8 Å². The first-order chi connectivity index (χ1) is 19.3. The number of carbonyl (C=O) groups excluding carboxylic acids is 2. The Morgan fingerprint density at radius 2 is 1.80 bits per heavy atom. The fraction of sp³-hybridized carbons (Fsp3) is 0.310. The molecule has 40 heavy (non-hydrogen) atoms. The molecule has 3 aromatic rings. The molecule has 0 unspecified atom stereocenters. The van der Waals surface area contributed by atoms with Gasteiger partial charge in [-0.15, -0.1) is 0 Å². The second-order valence-electron chi connectivity index (χ2n) is 8.64. The molecule has 0 amide bonds. The van der Waals surface area contributed by atoms with Crippen molar-refractivity contribution < 1.29 is 33.3 Å². The number of para-hydroxylation sites is 1. The summed E-state index contributed by atoms with van der Waals surface area (Å²) in [4.78, 5) is 44.2. The van der Waals surface area contributed by atoms with Crippen LogP contribution >= 0.6 is 11.3 Å². The van der Waals surface area contributed by atoms with Crippen LogP contribution < -0.4 is 24.4 Å². The van der Waals surface area contributed by atoms with Gasteiger partial charge in [-0.25, -0.2) is 14.6 Å². The number of thiazole rings is 1. The second kappa shape index (κ2) is 12.8. The van der Waals surface area contributed by atoms with Gasteiger partial charge in [0.25, 0.3) is 5.56 Å². The van der Waals surface area contributed by atoms with Crippen LogP contribution in [0.25, 0.3) is 6.08 Å². The molecule has 0 aliphatic carbocycles. The highest BCUT2D eigenvalue weighted by molar-refractivity contribution is 7.07. The van der Waals surface area contributed by atoms with E-state index in [9.17, 15) is 14.4 Å². The van der Waals surface area contributed by atoms with E-state index in [1.165, 1.54) is 37.2 Å². The molecule has 2 heterocycles. The summed E-state index contributed by atoms with van der Waals surface area (Å²) in [6, 6.07) is 11.1. The monoisotopic (exact) mass is 566 g/mol. The standard InChI is InChI=1S/C29H30N2O8S/c1-6-38-25-20(8-7-9-21(25)36-4)24-23(28(34)39-15-14-35-3)17(2)30-29-31(24)26(32)22(40-29)16-18-10-12-19(13-11-18)27(33)37-5/h7-13,16,24H,6,14-15H2,1-5H3/b22-16+/t24-/m0/s1. The van der Waals surface area contributed by atoms with E-state index in [1.807, 2.05) is 6.92 Å². The molecule has 1 aromatic heterocycles. The molecule has 0 radical (unpaired) electrons. The van der Waals surface area contributed by atoms with Gasteiger partial charge in [0.2, 0.25) is 0 Å². The molecule has 0 saturated heterocycles. The first-order valence-electron chi connectivity index (χ1n) is 12.5. The molecule has 1 aliphatic rings. The maximum atomic E-state index is 13.9. The van der Waals surface area contributed by atoms with E-state index in [4.69, 9.17) is 23.7 Å². The Morgan fingerprint density at radius 1 is 1.05 bits per heavy atom. The summed E-state index contributed by atoms with van der Waals surface area (Å²) in [6.07, 6.45) is 1.72. The average Bonchev–Trinajstić information content (AvgIpc) is 3.26. The number of fused-ring (bicyclic) bond motifs is 1. The van der Waals surface area contributed by atoms with Crippen molar-refractivity contribution in [2.24, 2.45) is 4.99 Å². The Kier molecular flexibility index (Phi) is 9.18. The summed E-state index contributed by atoms with van der Waals surface area (Å²) in [5.74, 6) is -0.174. The van der Waals surface area contributed by atoms with Gasteiger partial charge in [-0.1, -0.05) is 35.6 Å². The minimum atomic E-state index is -0.883. The number of ether oxygens (including phenoxy) is 5. The Labute approximate surface area is 234 Å². The van der Waals surface area contributed by atoms with Crippen LogP contribution in [0.4, 0.5) is 0 Å². The Morgan fingerprint density at radius 3 is 2.45 bits per heavy atom. The van der Waals surface area contributed by atoms with Gasteiger partial charge < -0.3 is 23.7 Å². The predicted molar refractivity (Wildman–Crippen MR) is 149 cm³/mol. The number of hydrogen-bond donors (Lipinski definition) is 0. The molecule has 4 rings (SSSR count). The van der Waals surface area contributed by atoms with E-state index in [1.54, 1.807) is 55.5 Å². The van der Waals surface area contributed by atoms with Crippen molar-refractivity contribution in [2.45, 2.75) is 19.9 Å². The summed E-state index contributed by atoms with van der Waals surface area (Å²) in [5.41, 5.74) is 1.96. The lowest BCUT2D eigenvalue weighted by molar-refractivity contribution is -0.140. The quantitative estimate of drug-likeness (QED) is 0.272. The molecule has 210 valence electrons. The van der Waals surface area contributed by atoms with Crippen LogP contribution in [0.2, 0.25) is 0 Å². The Balaban J connectivity index is 1.92. The molecule has 0 fully saturated rings. The van der Waals surface area contributed by atoms with E-state index in [0.29, 0.717) is 49.8 Å². The average molecular weight is 567 g/mol. The van der Waals surface area contributed by atoms with Crippen LogP contribution in [0.5, 0.6) is 11.5 Å². The smallest absolute Gasteiger partial charge is 0.338 e. The van der Waals surface area contributed by atoms with Crippen LogP contribution in [-0.4, -0.2) is 57.7 Å². The van der Waals surface area contributed by atoms with Crippen LogP contribution in [0.1, 0.15) is 41.4 Å². The highest BCUT2D eigenvalue weighted by atomic mass is 32.1. The number of nitrogens with zero attached hydrogens (tertiary/aromatic N) is 2. The molecular formula is C29H30N2O8S. The number of aromatic nitrogens is 1. The van der Waals surface area contributed by atoms with E-state index in [-0.39, 0.29) is 24.3 Å². The van der Waals surface area contributed by atoms with Gasteiger partial charge in [0, 0.05) is 12.7 Å². The summed E-state index contributed by atoms with van der Waals surface area (Å²) < 4.78 is 28.7. The topological polar surface area (TPSA) is 115 Å². The van der Waals surface area contributed by atoms with Crippen LogP contribution in [-0.2, 0) is 19.0 Å². The van der Waals surface area contributed by atoms with E-state index in [0.717, 1.165) is 0 Å². The van der Waals surface area contributed by atoms with Crippen molar-refractivity contribution in [3.05, 3.63) is 90.1 Å². The number of rotatable bonds is 10. The first kappa shape index (κ1) is 28.8. The van der Waals surface area contributed by atoms with Gasteiger partial charge in [-0.05, 0) is 43.7 Å². The molecule has 0 bridgehead atoms. The first-order valence-corrected chi connectivity index (χ1v) is 13.3. The third kappa shape index (κ3) is 5.70. The minimum absolute atomic E-state index is 0.0429. The molecule has 0 spiro atoms. The van der Waals surface area contributed by atoms with Crippen LogP contribution in [0.3, 0.4) is 0 Å². The van der Waals surface area contributed by atoms with Gasteiger partial charge in [0.15, 0.2) is 16.3 Å². The van der Waals surface area contributed by atoms with Crippen LogP contribution in [0.15, 0.2) is 63.5 Å². The number of allylic oxidation sites excluding steroid dienone is 1. The second-order valence-corrected chi connectivity index (χ2v) is 9.64. The van der Waals surface area contributed by atoms with Crippen molar-refractivity contribution in [1.82, 2.24) is 4.57 Å². The Hall–Kier alpha value is -4.22. The largest absolute Gasteiger partial charge is 0.493 e. The summed E-state index contributed by atoms with van der Waals surface area (Å²) in [5, 5.41) is 0. The molecule has 0 N–H and O–H groups in total. The Bertz CT molecular complexity index is 1620. The summed E-state index contributed by atoms with van der Waals surface area (Å²) in [6.45, 7) is 4.16. The van der Waals surface area contributed by atoms with E-state index < -0.39 is 18.0 Å². The van der Waals surface area contributed by atoms with Crippen molar-refractivity contribution in [2.75, 3.05) is 41.2 Å². The van der Waals surface area contributed by atoms with Gasteiger partial charge in [-0.3, -0.25) is 9.36 Å². The zero-order chi connectivity index (χ0) is 28.8. The van der Waals surface area contributed by atoms with E-state index in [2.05, 4.69) is 4.99 Å². The summed E-state index contributed by atoms with van der Waals surface area (Å²) in [7, 11) is 4.36. The number of esters is 2.